The largest absolute Gasteiger partial charge is 0.377 e. The highest BCUT2D eigenvalue weighted by atomic mass is 35.5. The predicted molar refractivity (Wildman–Crippen MR) is 69.0 cm³/mol. The lowest BCUT2D eigenvalue weighted by atomic mass is 10.0. The van der Waals surface area contributed by atoms with Crippen LogP contribution in [0.1, 0.15) is 19.4 Å². The van der Waals surface area contributed by atoms with Crippen LogP contribution in [0.3, 0.4) is 0 Å². The maximum atomic E-state index is 13.3. The van der Waals surface area contributed by atoms with Crippen molar-refractivity contribution in [2.75, 3.05) is 13.7 Å². The van der Waals surface area contributed by atoms with Gasteiger partial charge in [-0.2, -0.15) is 0 Å². The van der Waals surface area contributed by atoms with Gasteiger partial charge in [-0.05, 0) is 38.9 Å². The molecular formula is C13H19ClFNO. The lowest BCUT2D eigenvalue weighted by molar-refractivity contribution is 0.0496. The second kappa shape index (κ2) is 6.94. The average molecular weight is 260 g/mol. The predicted octanol–water partition coefficient (Wildman–Crippen LogP) is 3.03. The first-order chi connectivity index (χ1) is 8.10. The smallest absolute Gasteiger partial charge is 0.142 e. The van der Waals surface area contributed by atoms with Gasteiger partial charge in [-0.15, -0.1) is 0 Å². The van der Waals surface area contributed by atoms with Gasteiger partial charge in [-0.25, -0.2) is 4.39 Å². The molecule has 0 saturated heterocycles. The summed E-state index contributed by atoms with van der Waals surface area (Å²) < 4.78 is 18.8. The Labute approximate surface area is 107 Å². The van der Waals surface area contributed by atoms with Crippen molar-refractivity contribution in [3.05, 3.63) is 34.6 Å². The Morgan fingerprint density at radius 3 is 2.76 bits per heavy atom. The minimum absolute atomic E-state index is 0.0596. The van der Waals surface area contributed by atoms with E-state index in [4.69, 9.17) is 16.3 Å². The van der Waals surface area contributed by atoms with Gasteiger partial charge in [0.1, 0.15) is 5.82 Å². The zero-order valence-corrected chi connectivity index (χ0v) is 11.2. The molecule has 0 amide bonds. The Bertz CT molecular complexity index is 359. The van der Waals surface area contributed by atoms with Crippen molar-refractivity contribution in [2.45, 2.75) is 32.4 Å². The van der Waals surface area contributed by atoms with Crippen LogP contribution in [-0.4, -0.2) is 25.8 Å². The van der Waals surface area contributed by atoms with Crippen LogP contribution in [0, 0.1) is 5.82 Å². The van der Waals surface area contributed by atoms with Gasteiger partial charge in [0.05, 0.1) is 11.1 Å². The quantitative estimate of drug-likeness (QED) is 0.848. The molecule has 0 saturated carbocycles. The molecule has 0 fully saturated rings. The summed E-state index contributed by atoms with van der Waals surface area (Å²) in [5.74, 6) is -0.372. The summed E-state index contributed by atoms with van der Waals surface area (Å²) in [6.45, 7) is 4.62. The van der Waals surface area contributed by atoms with Gasteiger partial charge in [-0.1, -0.05) is 23.7 Å². The third-order valence-corrected chi connectivity index (χ3v) is 3.26. The van der Waals surface area contributed by atoms with Gasteiger partial charge >= 0.3 is 0 Å². The van der Waals surface area contributed by atoms with Crippen molar-refractivity contribution >= 4 is 11.6 Å². The van der Waals surface area contributed by atoms with Gasteiger partial charge in [0.15, 0.2) is 0 Å². The van der Waals surface area contributed by atoms with Gasteiger partial charge in [0.25, 0.3) is 0 Å². The van der Waals surface area contributed by atoms with Crippen LogP contribution < -0.4 is 5.32 Å². The topological polar surface area (TPSA) is 21.3 Å². The molecule has 0 aliphatic rings. The zero-order valence-electron chi connectivity index (χ0n) is 10.5. The van der Waals surface area contributed by atoms with E-state index in [1.54, 1.807) is 6.07 Å². The number of benzene rings is 1. The molecule has 17 heavy (non-hydrogen) atoms. The first-order valence-corrected chi connectivity index (χ1v) is 6.19. The summed E-state index contributed by atoms with van der Waals surface area (Å²) in [4.78, 5) is 0. The van der Waals surface area contributed by atoms with Crippen molar-refractivity contribution in [1.82, 2.24) is 5.32 Å². The van der Waals surface area contributed by atoms with E-state index in [1.807, 2.05) is 27.0 Å². The van der Waals surface area contributed by atoms with Crippen LogP contribution >= 0.6 is 11.6 Å². The molecule has 0 radical (unpaired) electrons. The average Bonchev–Trinajstić information content (AvgIpc) is 2.31. The Balaban J connectivity index is 2.77. The summed E-state index contributed by atoms with van der Waals surface area (Å²) in [7, 11) is 1.87. The fourth-order valence-electron chi connectivity index (χ4n) is 1.82. The maximum Gasteiger partial charge on any atom is 0.142 e. The molecule has 0 heterocycles. The number of ether oxygens (including phenoxy) is 1. The molecule has 0 aliphatic carbocycles. The molecule has 1 rings (SSSR count). The fourth-order valence-corrected chi connectivity index (χ4v) is 2.03. The molecule has 1 aromatic carbocycles. The van der Waals surface area contributed by atoms with Gasteiger partial charge in [-0.3, -0.25) is 0 Å². The number of likely N-dealkylation sites (N-methyl/N-ethyl adjacent to an activating group) is 1. The second-order valence-corrected chi connectivity index (χ2v) is 4.35. The molecule has 0 aliphatic heterocycles. The molecule has 2 unspecified atom stereocenters. The summed E-state index contributed by atoms with van der Waals surface area (Å²) in [6.07, 6.45) is 0.707. The van der Waals surface area contributed by atoms with E-state index in [0.29, 0.717) is 13.0 Å². The van der Waals surface area contributed by atoms with Crippen molar-refractivity contribution in [1.29, 1.82) is 0 Å². The van der Waals surface area contributed by atoms with Crippen LogP contribution in [-0.2, 0) is 11.2 Å². The number of hydrogen-bond acceptors (Lipinski definition) is 2. The van der Waals surface area contributed by atoms with Crippen LogP contribution in [0.4, 0.5) is 4.39 Å². The Morgan fingerprint density at radius 1 is 1.47 bits per heavy atom. The third kappa shape index (κ3) is 3.95. The summed E-state index contributed by atoms with van der Waals surface area (Å²) >= 11 is 5.93. The van der Waals surface area contributed by atoms with E-state index >= 15 is 0 Å². The van der Waals surface area contributed by atoms with Crippen molar-refractivity contribution in [2.24, 2.45) is 0 Å². The first kappa shape index (κ1) is 14.4. The fraction of sp³-hybridized carbons (Fsp3) is 0.538. The highest BCUT2D eigenvalue weighted by Crippen LogP contribution is 2.21. The molecule has 0 spiro atoms. The molecular weight excluding hydrogens is 241 g/mol. The Morgan fingerprint density at radius 2 is 2.18 bits per heavy atom. The van der Waals surface area contributed by atoms with Gasteiger partial charge in [0, 0.05) is 12.6 Å². The van der Waals surface area contributed by atoms with E-state index in [-0.39, 0.29) is 23.0 Å². The molecule has 0 bridgehead atoms. The van der Waals surface area contributed by atoms with Crippen molar-refractivity contribution in [3.63, 3.8) is 0 Å². The van der Waals surface area contributed by atoms with Gasteiger partial charge < -0.3 is 10.1 Å². The lowest BCUT2D eigenvalue weighted by Crippen LogP contribution is -2.39. The van der Waals surface area contributed by atoms with Crippen LogP contribution in [0.2, 0.25) is 5.02 Å². The van der Waals surface area contributed by atoms with Crippen LogP contribution in [0.5, 0.6) is 0 Å². The number of rotatable bonds is 6. The van der Waals surface area contributed by atoms with Crippen molar-refractivity contribution in [3.8, 4) is 0 Å². The lowest BCUT2D eigenvalue weighted by Gasteiger charge is -2.24. The highest BCUT2D eigenvalue weighted by molar-refractivity contribution is 6.31. The van der Waals surface area contributed by atoms with Crippen molar-refractivity contribution < 1.29 is 9.13 Å². The molecule has 4 heteroatoms. The van der Waals surface area contributed by atoms with Gasteiger partial charge in [0.2, 0.25) is 0 Å². The van der Waals surface area contributed by atoms with E-state index in [2.05, 4.69) is 5.32 Å². The maximum absolute atomic E-state index is 13.3. The summed E-state index contributed by atoms with van der Waals surface area (Å²) in [6, 6.07) is 5.00. The van der Waals surface area contributed by atoms with E-state index < -0.39 is 0 Å². The second-order valence-electron chi connectivity index (χ2n) is 3.97. The number of hydrogen-bond donors (Lipinski definition) is 1. The Hall–Kier alpha value is -0.640. The molecule has 2 atom stereocenters. The molecule has 0 aromatic heterocycles. The van der Waals surface area contributed by atoms with Crippen LogP contribution in [0.25, 0.3) is 0 Å². The van der Waals surface area contributed by atoms with E-state index in [0.717, 1.165) is 5.56 Å². The summed E-state index contributed by atoms with van der Waals surface area (Å²) in [5, 5.41) is 3.38. The minimum atomic E-state index is -0.372. The molecule has 96 valence electrons. The highest BCUT2D eigenvalue weighted by Gasteiger charge is 2.18. The monoisotopic (exact) mass is 259 g/mol. The number of nitrogens with one attached hydrogen (secondary N) is 1. The first-order valence-electron chi connectivity index (χ1n) is 5.81. The zero-order chi connectivity index (χ0) is 12.8. The Kier molecular flexibility index (Phi) is 5.89. The minimum Gasteiger partial charge on any atom is -0.377 e. The third-order valence-electron chi connectivity index (χ3n) is 2.84. The van der Waals surface area contributed by atoms with Crippen LogP contribution in [0.15, 0.2) is 18.2 Å². The molecule has 2 nitrogen and oxygen atoms in total. The normalized spacial score (nSPS) is 14.6. The van der Waals surface area contributed by atoms with E-state index in [9.17, 15) is 4.39 Å². The SMILES string of the molecule is CCOC(C)C(Cc1cccc(F)c1Cl)NC. The summed E-state index contributed by atoms with van der Waals surface area (Å²) in [5.41, 5.74) is 0.803. The number of halogens is 2. The standard InChI is InChI=1S/C13H19ClFNO/c1-4-17-9(2)12(16-3)8-10-6-5-7-11(15)13(10)14/h5-7,9,12,16H,4,8H2,1-3H3. The van der Waals surface area contributed by atoms with E-state index in [1.165, 1.54) is 6.07 Å². The molecule has 1 aromatic rings. The molecule has 1 N–H and O–H groups in total.